The Morgan fingerprint density at radius 1 is 1.00 bits per heavy atom. The van der Waals surface area contributed by atoms with Gasteiger partial charge in [-0.05, 0) is 29.8 Å². The van der Waals surface area contributed by atoms with Gasteiger partial charge in [0.25, 0.3) is 0 Å². The van der Waals surface area contributed by atoms with Crippen molar-refractivity contribution in [2.24, 2.45) is 0 Å². The molecule has 8 heteroatoms. The molecule has 0 aliphatic heterocycles. The fourth-order valence-electron chi connectivity index (χ4n) is 3.57. The van der Waals surface area contributed by atoms with Crippen LogP contribution >= 0.6 is 0 Å². The number of imidazole rings is 1. The Labute approximate surface area is 182 Å². The molecule has 8 nitrogen and oxygen atoms in total. The van der Waals surface area contributed by atoms with Gasteiger partial charge in [0.05, 0.1) is 23.6 Å². The summed E-state index contributed by atoms with van der Waals surface area (Å²) in [6.45, 7) is 0. The number of nitrogens with zero attached hydrogens (tertiary/aromatic N) is 2. The van der Waals surface area contributed by atoms with Crippen molar-refractivity contribution in [3.8, 4) is 22.9 Å². The number of aromatic nitrogens is 4. The van der Waals surface area contributed by atoms with Crippen LogP contribution in [0.3, 0.4) is 0 Å². The molecule has 32 heavy (non-hydrogen) atoms. The molecular formula is C24H18N4O4. The van der Waals surface area contributed by atoms with Crippen LogP contribution < -0.4 is 4.74 Å². The maximum Gasteiger partial charge on any atom is 0.340 e. The minimum atomic E-state index is -1.10. The summed E-state index contributed by atoms with van der Waals surface area (Å²) in [4.78, 5) is 19.4. The number of rotatable bonds is 6. The number of nitrogens with one attached hydrogen (secondary N) is 2. The number of hydrogen-bond donors (Lipinski definition) is 4. The molecule has 1 unspecified atom stereocenters. The third kappa shape index (κ3) is 3.59. The van der Waals surface area contributed by atoms with Crippen molar-refractivity contribution < 1.29 is 19.7 Å². The number of benzene rings is 3. The van der Waals surface area contributed by atoms with Gasteiger partial charge in [0.2, 0.25) is 0 Å². The van der Waals surface area contributed by atoms with Crippen LogP contribution in [0.2, 0.25) is 0 Å². The molecule has 5 aromatic rings. The van der Waals surface area contributed by atoms with Crippen molar-refractivity contribution in [3.63, 3.8) is 0 Å². The van der Waals surface area contributed by atoms with Gasteiger partial charge in [-0.25, -0.2) is 9.78 Å². The lowest BCUT2D eigenvalue weighted by molar-refractivity contribution is 0.0696. The highest BCUT2D eigenvalue weighted by Crippen LogP contribution is 2.32. The predicted octanol–water partition coefficient (Wildman–Crippen LogP) is 4.53. The number of hydrogen-bond acceptors (Lipinski definition) is 5. The molecule has 5 rings (SSSR count). The molecule has 0 aliphatic rings. The van der Waals surface area contributed by atoms with E-state index in [0.29, 0.717) is 28.2 Å². The third-order valence-corrected chi connectivity index (χ3v) is 5.14. The molecule has 0 bridgehead atoms. The van der Waals surface area contributed by atoms with Gasteiger partial charge in [0.1, 0.15) is 29.0 Å². The summed E-state index contributed by atoms with van der Waals surface area (Å²) in [5.74, 6) is 0.121. The zero-order valence-corrected chi connectivity index (χ0v) is 16.7. The van der Waals surface area contributed by atoms with Crippen LogP contribution in [0.15, 0.2) is 79.1 Å². The van der Waals surface area contributed by atoms with Gasteiger partial charge in [0.15, 0.2) is 0 Å². The Balaban J connectivity index is 1.44. The van der Waals surface area contributed by atoms with Gasteiger partial charge in [-0.1, -0.05) is 42.5 Å². The summed E-state index contributed by atoms with van der Waals surface area (Å²) in [5.41, 5.74) is 2.71. The first-order valence-electron chi connectivity index (χ1n) is 9.86. The van der Waals surface area contributed by atoms with Crippen LogP contribution in [0, 0.1) is 0 Å². The standard InChI is InChI=1S/C24H18N4O4/c29-22(14-5-2-1-3-6-14)19-13-25-23(27-19)15-7-4-8-16(11-15)32-20-10-9-18-17(12-26-28-18)21(20)24(30)31/h1-13,22,29H,(H,25,27)(H,26,28)(H,30,31). The minimum absolute atomic E-state index is 0.0351. The number of aromatic carboxylic acids is 1. The van der Waals surface area contributed by atoms with E-state index in [0.717, 1.165) is 11.1 Å². The summed E-state index contributed by atoms with van der Waals surface area (Å²) in [6, 6.07) is 19.7. The van der Waals surface area contributed by atoms with E-state index in [9.17, 15) is 15.0 Å². The average Bonchev–Trinajstić information content (AvgIpc) is 3.49. The SMILES string of the molecule is O=C(O)c1c(Oc2cccc(-c3ncc(C(O)c4ccccc4)[nH]3)c2)ccc2[nH]ncc12. The van der Waals surface area contributed by atoms with Crippen LogP contribution in [-0.4, -0.2) is 36.3 Å². The Hall–Kier alpha value is -4.43. The van der Waals surface area contributed by atoms with Crippen LogP contribution in [0.1, 0.15) is 27.7 Å². The number of H-pyrrole nitrogens is 2. The molecule has 0 spiro atoms. The second-order valence-electron chi connectivity index (χ2n) is 7.21. The summed E-state index contributed by atoms with van der Waals surface area (Å²) in [6.07, 6.45) is 2.23. The molecule has 0 fully saturated rings. The van der Waals surface area contributed by atoms with Gasteiger partial charge >= 0.3 is 5.97 Å². The molecular weight excluding hydrogens is 408 g/mol. The van der Waals surface area contributed by atoms with Crippen molar-refractivity contribution in [1.82, 2.24) is 20.2 Å². The van der Waals surface area contributed by atoms with Gasteiger partial charge in [-0.15, -0.1) is 0 Å². The van der Waals surface area contributed by atoms with Crippen molar-refractivity contribution >= 4 is 16.9 Å². The van der Waals surface area contributed by atoms with Gasteiger partial charge in [-0.2, -0.15) is 5.10 Å². The van der Waals surface area contributed by atoms with Crippen LogP contribution in [-0.2, 0) is 0 Å². The average molecular weight is 426 g/mol. The summed E-state index contributed by atoms with van der Waals surface area (Å²) in [5, 5.41) is 27.4. The fraction of sp³-hybridized carbons (Fsp3) is 0.0417. The Bertz CT molecular complexity index is 1410. The maximum atomic E-state index is 11.8. The normalized spacial score (nSPS) is 12.0. The van der Waals surface area contributed by atoms with E-state index in [4.69, 9.17) is 4.74 Å². The fourth-order valence-corrected chi connectivity index (χ4v) is 3.57. The number of fused-ring (bicyclic) bond motifs is 1. The molecule has 158 valence electrons. The summed E-state index contributed by atoms with van der Waals surface area (Å²) >= 11 is 0. The number of carbonyl (C=O) groups is 1. The number of ether oxygens (including phenoxy) is 1. The largest absolute Gasteiger partial charge is 0.478 e. The second kappa shape index (κ2) is 8.01. The highest BCUT2D eigenvalue weighted by molar-refractivity contribution is 6.05. The van der Waals surface area contributed by atoms with E-state index in [1.54, 1.807) is 36.5 Å². The Morgan fingerprint density at radius 2 is 1.84 bits per heavy atom. The van der Waals surface area contributed by atoms with Crippen LogP contribution in [0.25, 0.3) is 22.3 Å². The van der Waals surface area contributed by atoms with E-state index in [2.05, 4.69) is 20.2 Å². The first-order valence-corrected chi connectivity index (χ1v) is 9.86. The number of carboxylic acids is 1. The highest BCUT2D eigenvalue weighted by atomic mass is 16.5. The van der Waals surface area contributed by atoms with Crippen molar-refractivity contribution in [2.75, 3.05) is 0 Å². The zero-order valence-electron chi connectivity index (χ0n) is 16.7. The molecule has 2 aromatic heterocycles. The molecule has 0 saturated carbocycles. The molecule has 0 saturated heterocycles. The molecule has 0 amide bonds. The predicted molar refractivity (Wildman–Crippen MR) is 118 cm³/mol. The quantitative estimate of drug-likeness (QED) is 0.316. The molecule has 0 aliphatic carbocycles. The summed E-state index contributed by atoms with van der Waals surface area (Å²) in [7, 11) is 0. The number of aromatic amines is 2. The lowest BCUT2D eigenvalue weighted by Crippen LogP contribution is -2.01. The van der Waals surface area contributed by atoms with Crippen molar-refractivity contribution in [1.29, 1.82) is 0 Å². The molecule has 0 radical (unpaired) electrons. The van der Waals surface area contributed by atoms with E-state index in [1.165, 1.54) is 6.20 Å². The first kappa shape index (κ1) is 19.5. The topological polar surface area (TPSA) is 124 Å². The smallest absolute Gasteiger partial charge is 0.340 e. The molecule has 1 atom stereocenters. The lowest BCUT2D eigenvalue weighted by Gasteiger charge is -2.10. The Kier molecular flexibility index (Phi) is 4.89. The number of carboxylic acid groups (broad SMARTS) is 1. The third-order valence-electron chi connectivity index (χ3n) is 5.14. The zero-order chi connectivity index (χ0) is 22.1. The number of aliphatic hydroxyl groups is 1. The first-order chi connectivity index (χ1) is 15.6. The van der Waals surface area contributed by atoms with Gasteiger partial charge in [-0.3, -0.25) is 5.10 Å². The van der Waals surface area contributed by atoms with Gasteiger partial charge < -0.3 is 19.9 Å². The van der Waals surface area contributed by atoms with Gasteiger partial charge in [0, 0.05) is 10.9 Å². The molecule has 3 aromatic carbocycles. The second-order valence-corrected chi connectivity index (χ2v) is 7.21. The van der Waals surface area contributed by atoms with E-state index in [-0.39, 0.29) is 11.3 Å². The van der Waals surface area contributed by atoms with E-state index >= 15 is 0 Å². The lowest BCUT2D eigenvalue weighted by atomic mass is 10.1. The summed E-state index contributed by atoms with van der Waals surface area (Å²) < 4.78 is 5.92. The van der Waals surface area contributed by atoms with Crippen LogP contribution in [0.4, 0.5) is 0 Å². The van der Waals surface area contributed by atoms with Crippen molar-refractivity contribution in [2.45, 2.75) is 6.10 Å². The molecule has 2 heterocycles. The monoisotopic (exact) mass is 426 g/mol. The highest BCUT2D eigenvalue weighted by Gasteiger charge is 2.18. The molecule has 4 N–H and O–H groups in total. The Morgan fingerprint density at radius 3 is 2.66 bits per heavy atom. The van der Waals surface area contributed by atoms with E-state index in [1.807, 2.05) is 36.4 Å². The maximum absolute atomic E-state index is 11.8. The van der Waals surface area contributed by atoms with E-state index < -0.39 is 12.1 Å². The van der Waals surface area contributed by atoms with Crippen LogP contribution in [0.5, 0.6) is 11.5 Å². The minimum Gasteiger partial charge on any atom is -0.478 e. The number of aliphatic hydroxyl groups excluding tert-OH is 1. The van der Waals surface area contributed by atoms with Crippen molar-refractivity contribution in [3.05, 3.63) is 95.9 Å².